The van der Waals surface area contributed by atoms with Crippen LogP contribution in [0.1, 0.15) is 31.2 Å². The number of halogens is 1. The molecule has 1 aliphatic carbocycles. The summed E-state index contributed by atoms with van der Waals surface area (Å²) in [5.41, 5.74) is 0.417. The summed E-state index contributed by atoms with van der Waals surface area (Å²) in [6.45, 7) is 0. The fourth-order valence-corrected chi connectivity index (χ4v) is 2.71. The van der Waals surface area contributed by atoms with Crippen molar-refractivity contribution in [1.29, 1.82) is 0 Å². The normalized spacial score (nSPS) is 23.3. The molecular weight excluding hydrogens is 250 g/mol. The van der Waals surface area contributed by atoms with Crippen molar-refractivity contribution in [2.45, 2.75) is 31.2 Å². The van der Waals surface area contributed by atoms with Crippen LogP contribution in [-0.4, -0.2) is 19.9 Å². The van der Waals surface area contributed by atoms with Crippen molar-refractivity contribution >= 4 is 18.2 Å². The van der Waals surface area contributed by atoms with E-state index in [1.165, 1.54) is 0 Å². The van der Waals surface area contributed by atoms with Crippen molar-refractivity contribution in [3.63, 3.8) is 0 Å². The van der Waals surface area contributed by atoms with Gasteiger partial charge in [-0.2, -0.15) is 0 Å². The Labute approximate surface area is 114 Å². The lowest BCUT2D eigenvalue weighted by atomic mass is 9.75. The monoisotopic (exact) mass is 269 g/mol. The van der Waals surface area contributed by atoms with Crippen molar-refractivity contribution in [3.8, 4) is 5.75 Å². The number of nitrogens with one attached hydrogen (secondary N) is 1. The predicted molar refractivity (Wildman–Crippen MR) is 74.5 cm³/mol. The molecule has 1 fully saturated rings. The molecule has 3 nitrogen and oxygen atoms in total. The zero-order valence-electron chi connectivity index (χ0n) is 10.9. The van der Waals surface area contributed by atoms with Crippen LogP contribution in [0.15, 0.2) is 24.3 Å². The maximum Gasteiger partial charge on any atom is 0.157 e. The number of rotatable bonds is 3. The third-order valence-corrected chi connectivity index (χ3v) is 3.68. The van der Waals surface area contributed by atoms with Gasteiger partial charge in [-0.1, -0.05) is 24.6 Å². The molecule has 1 atom stereocenters. The number of hydrogen-bond acceptors (Lipinski definition) is 3. The van der Waals surface area contributed by atoms with E-state index >= 15 is 0 Å². The van der Waals surface area contributed by atoms with E-state index < -0.39 is 5.54 Å². The van der Waals surface area contributed by atoms with Crippen molar-refractivity contribution in [2.75, 3.05) is 14.2 Å². The van der Waals surface area contributed by atoms with E-state index in [1.54, 1.807) is 7.11 Å². The number of carbonyl (C=O) groups excluding carboxylic acids is 1. The Balaban J connectivity index is 0.00000162. The second-order valence-electron chi connectivity index (χ2n) is 4.49. The topological polar surface area (TPSA) is 38.3 Å². The number of ether oxygens (including phenoxy) is 1. The van der Waals surface area contributed by atoms with Gasteiger partial charge in [-0.3, -0.25) is 4.79 Å². The van der Waals surface area contributed by atoms with E-state index in [0.717, 1.165) is 30.6 Å². The first-order chi connectivity index (χ1) is 8.24. The molecule has 4 heteroatoms. The van der Waals surface area contributed by atoms with Gasteiger partial charge in [0.05, 0.1) is 7.11 Å². The molecule has 1 aromatic carbocycles. The quantitative estimate of drug-likeness (QED) is 0.917. The van der Waals surface area contributed by atoms with Crippen molar-refractivity contribution in [2.24, 2.45) is 0 Å². The minimum absolute atomic E-state index is 0. The molecular formula is C14H20ClNO2. The third kappa shape index (κ3) is 2.38. The van der Waals surface area contributed by atoms with Gasteiger partial charge < -0.3 is 10.1 Å². The van der Waals surface area contributed by atoms with Crippen molar-refractivity contribution < 1.29 is 9.53 Å². The molecule has 1 aliphatic rings. The van der Waals surface area contributed by atoms with Gasteiger partial charge in [0.25, 0.3) is 0 Å². The number of hydrogen-bond donors (Lipinski definition) is 1. The average Bonchev–Trinajstić information content (AvgIpc) is 2.40. The van der Waals surface area contributed by atoms with E-state index in [2.05, 4.69) is 5.32 Å². The highest BCUT2D eigenvalue weighted by atomic mass is 35.5. The Bertz CT molecular complexity index is 422. The standard InChI is InChI=1S/C14H19NO2.ClH/c1-15-14(10-6-5-9-13(14)16)11-7-3-4-8-12(11)17-2;/h3-4,7-8,15H,5-6,9-10H2,1-2H3;1H. The summed E-state index contributed by atoms with van der Waals surface area (Å²) >= 11 is 0. The smallest absolute Gasteiger partial charge is 0.157 e. The van der Waals surface area contributed by atoms with Crippen LogP contribution in [0.2, 0.25) is 0 Å². The van der Waals surface area contributed by atoms with Crippen LogP contribution < -0.4 is 10.1 Å². The number of carbonyl (C=O) groups is 1. The number of benzene rings is 1. The van der Waals surface area contributed by atoms with Crippen molar-refractivity contribution in [3.05, 3.63) is 29.8 Å². The van der Waals surface area contributed by atoms with Crippen LogP contribution in [0, 0.1) is 0 Å². The molecule has 0 amide bonds. The lowest BCUT2D eigenvalue weighted by molar-refractivity contribution is -0.127. The molecule has 0 radical (unpaired) electrons. The van der Waals surface area contributed by atoms with Gasteiger partial charge in [0.2, 0.25) is 0 Å². The van der Waals surface area contributed by atoms with Gasteiger partial charge in [-0.05, 0) is 26.0 Å². The van der Waals surface area contributed by atoms with Gasteiger partial charge >= 0.3 is 0 Å². The highest BCUT2D eigenvalue weighted by Crippen LogP contribution is 2.38. The summed E-state index contributed by atoms with van der Waals surface area (Å²) in [5, 5.41) is 3.23. The first-order valence-electron chi connectivity index (χ1n) is 6.10. The minimum atomic E-state index is -0.551. The van der Waals surface area contributed by atoms with Crippen LogP contribution in [0.25, 0.3) is 0 Å². The first kappa shape index (κ1) is 15.0. The van der Waals surface area contributed by atoms with Crippen molar-refractivity contribution in [1.82, 2.24) is 5.32 Å². The molecule has 0 aliphatic heterocycles. The molecule has 18 heavy (non-hydrogen) atoms. The Morgan fingerprint density at radius 1 is 1.28 bits per heavy atom. The SMILES string of the molecule is CNC1(c2ccccc2OC)CCCCC1=O.Cl. The summed E-state index contributed by atoms with van der Waals surface area (Å²) < 4.78 is 5.38. The highest BCUT2D eigenvalue weighted by molar-refractivity contribution is 5.91. The van der Waals surface area contributed by atoms with E-state index in [1.807, 2.05) is 31.3 Å². The van der Waals surface area contributed by atoms with Crippen LogP contribution in [-0.2, 0) is 10.3 Å². The Kier molecular flexibility index (Phi) is 5.17. The lowest BCUT2D eigenvalue weighted by Crippen LogP contribution is -2.49. The molecule has 1 saturated carbocycles. The molecule has 1 aromatic rings. The summed E-state index contributed by atoms with van der Waals surface area (Å²) in [7, 11) is 3.51. The fraction of sp³-hybridized carbons (Fsp3) is 0.500. The number of methoxy groups -OCH3 is 1. The van der Waals surface area contributed by atoms with Crippen LogP contribution in [0.3, 0.4) is 0 Å². The minimum Gasteiger partial charge on any atom is -0.496 e. The third-order valence-electron chi connectivity index (χ3n) is 3.68. The Hall–Kier alpha value is -1.06. The number of likely N-dealkylation sites (N-methyl/N-ethyl adjacent to an activating group) is 1. The predicted octanol–water partition coefficient (Wildman–Crippen LogP) is 2.67. The van der Waals surface area contributed by atoms with Gasteiger partial charge in [0.1, 0.15) is 11.3 Å². The van der Waals surface area contributed by atoms with Crippen LogP contribution in [0.4, 0.5) is 0 Å². The number of para-hydroxylation sites is 1. The lowest BCUT2D eigenvalue weighted by Gasteiger charge is -2.36. The summed E-state index contributed by atoms with van der Waals surface area (Å²) in [5.74, 6) is 1.06. The second kappa shape index (κ2) is 6.21. The van der Waals surface area contributed by atoms with Gasteiger partial charge in [0, 0.05) is 12.0 Å². The largest absolute Gasteiger partial charge is 0.496 e. The van der Waals surface area contributed by atoms with E-state index in [0.29, 0.717) is 6.42 Å². The Morgan fingerprint density at radius 2 is 2.00 bits per heavy atom. The Morgan fingerprint density at radius 3 is 2.61 bits per heavy atom. The second-order valence-corrected chi connectivity index (χ2v) is 4.49. The molecule has 0 spiro atoms. The average molecular weight is 270 g/mol. The molecule has 0 heterocycles. The van der Waals surface area contributed by atoms with Gasteiger partial charge in [0.15, 0.2) is 5.78 Å². The summed E-state index contributed by atoms with van der Waals surface area (Å²) in [4.78, 5) is 12.3. The van der Waals surface area contributed by atoms with Gasteiger partial charge in [-0.15, -0.1) is 12.4 Å². The molecule has 1 unspecified atom stereocenters. The zero-order valence-corrected chi connectivity index (χ0v) is 11.7. The van der Waals surface area contributed by atoms with E-state index in [-0.39, 0.29) is 18.2 Å². The van der Waals surface area contributed by atoms with Crippen LogP contribution in [0.5, 0.6) is 5.75 Å². The molecule has 100 valence electrons. The van der Waals surface area contributed by atoms with E-state index in [9.17, 15) is 4.79 Å². The number of ketones is 1. The van der Waals surface area contributed by atoms with E-state index in [4.69, 9.17) is 4.74 Å². The summed E-state index contributed by atoms with van der Waals surface area (Å²) in [6, 6.07) is 7.78. The van der Waals surface area contributed by atoms with Crippen LogP contribution >= 0.6 is 12.4 Å². The maximum atomic E-state index is 12.3. The molecule has 0 bridgehead atoms. The zero-order chi connectivity index (χ0) is 12.3. The molecule has 1 N–H and O–H groups in total. The maximum absolute atomic E-state index is 12.3. The summed E-state index contributed by atoms with van der Waals surface area (Å²) in [6.07, 6.45) is 3.57. The molecule has 0 saturated heterocycles. The molecule has 0 aromatic heterocycles. The molecule has 2 rings (SSSR count). The highest BCUT2D eigenvalue weighted by Gasteiger charge is 2.41. The fourth-order valence-electron chi connectivity index (χ4n) is 2.71. The number of Topliss-reactive ketones (excluding diaryl/α,β-unsaturated/α-hetero) is 1. The van der Waals surface area contributed by atoms with Gasteiger partial charge in [-0.25, -0.2) is 0 Å². The first-order valence-corrected chi connectivity index (χ1v) is 6.10.